The van der Waals surface area contributed by atoms with Gasteiger partial charge in [-0.15, -0.1) is 5.10 Å². The van der Waals surface area contributed by atoms with E-state index in [-0.39, 0.29) is 4.77 Å². The summed E-state index contributed by atoms with van der Waals surface area (Å²) in [7, 11) is 2.90. The first-order valence-electron chi connectivity index (χ1n) is 5.88. The topological polar surface area (TPSA) is 64.4 Å². The van der Waals surface area contributed by atoms with Gasteiger partial charge in [-0.05, 0) is 30.4 Å². The smallest absolute Gasteiger partial charge is 0.453 e. The molecule has 0 atom stereocenters. The Morgan fingerprint density at radius 1 is 1.32 bits per heavy atom. The number of rotatable bonds is 4. The Hall–Kier alpha value is -2.36. The highest BCUT2D eigenvalue weighted by Crippen LogP contribution is 2.27. The number of benzene rings is 1. The van der Waals surface area contributed by atoms with Crippen LogP contribution in [0.4, 0.5) is 13.2 Å². The third-order valence-corrected chi connectivity index (χ3v) is 2.92. The second kappa shape index (κ2) is 6.18. The summed E-state index contributed by atoms with van der Waals surface area (Å²) in [5, 5.41) is 8.91. The van der Waals surface area contributed by atoms with Gasteiger partial charge in [-0.1, -0.05) is 0 Å². The number of hydrogen-bond donors (Lipinski definition) is 1. The first kappa shape index (κ1) is 16.0. The van der Waals surface area contributed by atoms with E-state index in [2.05, 4.69) is 15.3 Å². The van der Waals surface area contributed by atoms with E-state index in [9.17, 15) is 13.2 Å². The van der Waals surface area contributed by atoms with Crippen LogP contribution in [-0.2, 0) is 6.18 Å². The summed E-state index contributed by atoms with van der Waals surface area (Å²) in [5.41, 5.74) is 0.429. The van der Waals surface area contributed by atoms with Crippen molar-refractivity contribution in [2.75, 3.05) is 14.2 Å². The largest absolute Gasteiger partial charge is 0.497 e. The molecule has 0 aliphatic rings. The van der Waals surface area contributed by atoms with Gasteiger partial charge in [0.2, 0.25) is 4.77 Å². The van der Waals surface area contributed by atoms with Crippen molar-refractivity contribution in [3.63, 3.8) is 0 Å². The molecule has 22 heavy (non-hydrogen) atoms. The minimum atomic E-state index is -4.68. The van der Waals surface area contributed by atoms with Crippen LogP contribution in [0.15, 0.2) is 23.3 Å². The number of halogens is 3. The molecule has 0 spiro atoms. The first-order chi connectivity index (χ1) is 10.4. The molecule has 6 nitrogen and oxygen atoms in total. The molecule has 1 aromatic carbocycles. The van der Waals surface area contributed by atoms with Gasteiger partial charge in [0.25, 0.3) is 5.82 Å². The predicted molar refractivity (Wildman–Crippen MR) is 75.0 cm³/mol. The highest BCUT2D eigenvalue weighted by Gasteiger charge is 2.37. The summed E-state index contributed by atoms with van der Waals surface area (Å²) in [6.45, 7) is 0. The van der Waals surface area contributed by atoms with E-state index >= 15 is 0 Å². The normalized spacial score (nSPS) is 11.9. The molecule has 0 radical (unpaired) electrons. The molecule has 0 aliphatic carbocycles. The van der Waals surface area contributed by atoms with Gasteiger partial charge in [0.15, 0.2) is 0 Å². The summed E-state index contributed by atoms with van der Waals surface area (Å²) < 4.78 is 48.7. The van der Waals surface area contributed by atoms with Crippen molar-refractivity contribution in [3.8, 4) is 11.5 Å². The summed E-state index contributed by atoms with van der Waals surface area (Å²) in [6.07, 6.45) is -3.49. The molecule has 0 bridgehead atoms. The number of aromatic nitrogens is 3. The molecule has 0 saturated carbocycles. The monoisotopic (exact) mass is 332 g/mol. The van der Waals surface area contributed by atoms with E-state index in [1.807, 2.05) is 0 Å². The first-order valence-corrected chi connectivity index (χ1v) is 6.28. The summed E-state index contributed by atoms with van der Waals surface area (Å²) in [5.74, 6) is -0.308. The Balaban J connectivity index is 2.45. The molecule has 1 aromatic heterocycles. The third-order valence-electron chi connectivity index (χ3n) is 2.65. The number of nitrogens with zero attached hydrogens (tertiary/aromatic N) is 3. The molecule has 0 unspecified atom stereocenters. The lowest BCUT2D eigenvalue weighted by atomic mass is 10.2. The summed E-state index contributed by atoms with van der Waals surface area (Å²) in [6, 6.07) is 4.83. The van der Waals surface area contributed by atoms with Gasteiger partial charge in [-0.3, -0.25) is 0 Å². The molecule has 2 aromatic rings. The Bertz CT molecular complexity index is 752. The van der Waals surface area contributed by atoms with Crippen LogP contribution in [0.2, 0.25) is 0 Å². The van der Waals surface area contributed by atoms with Crippen LogP contribution in [0.1, 0.15) is 11.4 Å². The lowest BCUT2D eigenvalue weighted by Crippen LogP contribution is -2.12. The van der Waals surface area contributed by atoms with Crippen molar-refractivity contribution in [1.82, 2.24) is 14.9 Å². The van der Waals surface area contributed by atoms with E-state index in [1.165, 1.54) is 20.4 Å². The maximum atomic E-state index is 12.8. The SMILES string of the molecule is COc1ccc(OC)c(/C=N/n2c(C(F)(F)F)n[nH]c2=S)c1. The molecule has 0 saturated heterocycles. The Morgan fingerprint density at radius 2 is 2.05 bits per heavy atom. The summed E-state index contributed by atoms with van der Waals surface area (Å²) >= 11 is 4.74. The second-order valence-electron chi connectivity index (χ2n) is 4.01. The number of H-pyrrole nitrogens is 1. The average Bonchev–Trinajstić information content (AvgIpc) is 2.85. The standard InChI is InChI=1S/C12H11F3N4O2S/c1-20-8-3-4-9(21-2)7(5-8)6-16-19-10(12(13,14)15)17-18-11(19)22/h3-6H,1-2H3,(H,18,22)/b16-6+. The van der Waals surface area contributed by atoms with E-state index in [4.69, 9.17) is 21.7 Å². The third kappa shape index (κ3) is 3.27. The number of aromatic amines is 1. The van der Waals surface area contributed by atoms with Crippen molar-refractivity contribution in [2.24, 2.45) is 5.10 Å². The molecular weight excluding hydrogens is 321 g/mol. The Morgan fingerprint density at radius 3 is 2.64 bits per heavy atom. The van der Waals surface area contributed by atoms with Crippen LogP contribution in [0, 0.1) is 4.77 Å². The lowest BCUT2D eigenvalue weighted by Gasteiger charge is -2.07. The highest BCUT2D eigenvalue weighted by molar-refractivity contribution is 7.71. The fourth-order valence-corrected chi connectivity index (χ4v) is 1.82. The van der Waals surface area contributed by atoms with E-state index < -0.39 is 12.0 Å². The van der Waals surface area contributed by atoms with Gasteiger partial charge in [0, 0.05) is 5.56 Å². The van der Waals surface area contributed by atoms with Gasteiger partial charge >= 0.3 is 6.18 Å². The van der Waals surface area contributed by atoms with Crippen LogP contribution in [0.3, 0.4) is 0 Å². The molecule has 0 aliphatic heterocycles. The molecule has 118 valence electrons. The average molecular weight is 332 g/mol. The Kier molecular flexibility index (Phi) is 4.50. The van der Waals surface area contributed by atoms with Crippen LogP contribution in [-0.4, -0.2) is 35.3 Å². The minimum Gasteiger partial charge on any atom is -0.497 e. The lowest BCUT2D eigenvalue weighted by molar-refractivity contribution is -0.147. The van der Waals surface area contributed by atoms with E-state index in [0.717, 1.165) is 0 Å². The fourth-order valence-electron chi connectivity index (χ4n) is 1.64. The van der Waals surface area contributed by atoms with Gasteiger partial charge in [0.05, 0.1) is 20.4 Å². The van der Waals surface area contributed by atoms with Crippen molar-refractivity contribution in [3.05, 3.63) is 34.4 Å². The number of alkyl halides is 3. The van der Waals surface area contributed by atoms with Crippen LogP contribution in [0.5, 0.6) is 11.5 Å². The second-order valence-corrected chi connectivity index (χ2v) is 4.40. The quantitative estimate of drug-likeness (QED) is 0.691. The van der Waals surface area contributed by atoms with Gasteiger partial charge in [-0.2, -0.15) is 22.9 Å². The number of ether oxygens (including phenoxy) is 2. The molecule has 1 heterocycles. The molecule has 1 N–H and O–H groups in total. The van der Waals surface area contributed by atoms with Crippen LogP contribution < -0.4 is 9.47 Å². The zero-order chi connectivity index (χ0) is 16.3. The van der Waals surface area contributed by atoms with Crippen molar-refractivity contribution < 1.29 is 22.6 Å². The minimum absolute atomic E-state index is 0.273. The number of methoxy groups -OCH3 is 2. The zero-order valence-corrected chi connectivity index (χ0v) is 12.3. The maximum Gasteiger partial charge on any atom is 0.453 e. The van der Waals surface area contributed by atoms with Gasteiger partial charge < -0.3 is 9.47 Å². The van der Waals surface area contributed by atoms with Gasteiger partial charge in [-0.25, -0.2) is 5.10 Å². The fraction of sp³-hybridized carbons (Fsp3) is 0.250. The van der Waals surface area contributed by atoms with Gasteiger partial charge in [0.1, 0.15) is 11.5 Å². The zero-order valence-electron chi connectivity index (χ0n) is 11.5. The van der Waals surface area contributed by atoms with E-state index in [1.54, 1.807) is 18.2 Å². The number of nitrogens with one attached hydrogen (secondary N) is 1. The molecule has 10 heteroatoms. The molecule has 0 fully saturated rings. The van der Waals surface area contributed by atoms with E-state index in [0.29, 0.717) is 21.7 Å². The molecule has 0 amide bonds. The Labute approximate surface area is 128 Å². The maximum absolute atomic E-state index is 12.8. The predicted octanol–water partition coefficient (Wildman–Crippen LogP) is 2.86. The molecular formula is C12H11F3N4O2S. The van der Waals surface area contributed by atoms with Crippen molar-refractivity contribution in [1.29, 1.82) is 0 Å². The van der Waals surface area contributed by atoms with Crippen molar-refractivity contribution in [2.45, 2.75) is 6.18 Å². The number of hydrogen-bond acceptors (Lipinski definition) is 5. The summed E-state index contributed by atoms with van der Waals surface area (Å²) in [4.78, 5) is 0. The highest BCUT2D eigenvalue weighted by atomic mass is 32.1. The molecule has 2 rings (SSSR count). The van der Waals surface area contributed by atoms with Crippen LogP contribution in [0.25, 0.3) is 0 Å². The van der Waals surface area contributed by atoms with Crippen LogP contribution >= 0.6 is 12.2 Å². The van der Waals surface area contributed by atoms with Crippen molar-refractivity contribution >= 4 is 18.4 Å².